The summed E-state index contributed by atoms with van der Waals surface area (Å²) in [5.41, 5.74) is 1.50. The van der Waals surface area contributed by atoms with Gasteiger partial charge in [0.15, 0.2) is 4.75 Å². The van der Waals surface area contributed by atoms with Gasteiger partial charge < -0.3 is 9.47 Å². The van der Waals surface area contributed by atoms with Gasteiger partial charge in [-0.15, -0.1) is 0 Å². The molecular weight excluding hydrogens is 429 g/mol. The lowest BCUT2D eigenvalue weighted by atomic mass is 9.98. The van der Waals surface area contributed by atoms with Crippen LogP contribution in [0.5, 0.6) is 0 Å². The topological polar surface area (TPSA) is 105 Å². The highest BCUT2D eigenvalue weighted by atomic mass is 32.2. The van der Waals surface area contributed by atoms with Crippen LogP contribution >= 0.6 is 0 Å². The van der Waals surface area contributed by atoms with Crippen molar-refractivity contribution in [2.75, 3.05) is 32.9 Å². The van der Waals surface area contributed by atoms with Gasteiger partial charge >= 0.3 is 6.18 Å². The lowest BCUT2D eigenvalue weighted by Crippen LogP contribution is -2.60. The van der Waals surface area contributed by atoms with Gasteiger partial charge in [0.25, 0.3) is 5.91 Å². The summed E-state index contributed by atoms with van der Waals surface area (Å²) in [6.45, 7) is 1.09. The number of unbranched alkanes of at least 4 members (excludes halogenated alkanes) is 3. The third kappa shape index (κ3) is 6.52. The van der Waals surface area contributed by atoms with Crippen LogP contribution in [-0.4, -0.2) is 73.8 Å². The molecule has 0 aromatic carbocycles. The van der Waals surface area contributed by atoms with E-state index in [2.05, 4.69) is 0 Å². The van der Waals surface area contributed by atoms with Crippen molar-refractivity contribution in [3.05, 3.63) is 0 Å². The monoisotopic (exact) mass is 460 g/mol. The number of piperidine rings is 1. The van der Waals surface area contributed by atoms with Crippen molar-refractivity contribution < 1.29 is 41.1 Å². The highest BCUT2D eigenvalue weighted by Gasteiger charge is 2.54. The molecule has 0 unspecified atom stereocenters. The highest BCUT2D eigenvalue weighted by molar-refractivity contribution is 7.91. The molecule has 176 valence electrons. The Bertz CT molecular complexity index is 645. The Labute approximate surface area is 175 Å². The maximum Gasteiger partial charge on any atom is 0.389 e. The van der Waals surface area contributed by atoms with E-state index in [0.717, 1.165) is 0 Å². The Morgan fingerprint density at radius 1 is 1.13 bits per heavy atom. The number of hydrogen-bond acceptors (Lipinski definition) is 6. The van der Waals surface area contributed by atoms with Crippen molar-refractivity contribution in [2.24, 2.45) is 0 Å². The Hall–Kier alpha value is -0.950. The van der Waals surface area contributed by atoms with Crippen LogP contribution in [0, 0.1) is 0 Å². The summed E-state index contributed by atoms with van der Waals surface area (Å²) in [5.74, 6) is -0.935. The van der Waals surface area contributed by atoms with E-state index in [1.54, 1.807) is 0 Å². The molecule has 8 nitrogen and oxygen atoms in total. The molecule has 2 rings (SSSR count). The molecule has 0 bridgehead atoms. The zero-order chi connectivity index (χ0) is 22.3. The molecular formula is C18H31F3N2O6S. The summed E-state index contributed by atoms with van der Waals surface area (Å²) in [6.07, 6.45) is -2.15. The molecule has 0 spiro atoms. The van der Waals surface area contributed by atoms with Gasteiger partial charge in [-0.3, -0.25) is 10.0 Å². The minimum Gasteiger partial charge on any atom is -0.381 e. The molecule has 30 heavy (non-hydrogen) atoms. The fraction of sp³-hybridized carbons (Fsp3) is 0.944. The van der Waals surface area contributed by atoms with E-state index in [-0.39, 0.29) is 51.7 Å². The number of ether oxygens (including phenoxy) is 2. The smallest absolute Gasteiger partial charge is 0.381 e. The maximum atomic E-state index is 13.2. The molecule has 2 heterocycles. The number of hydroxylamine groups is 1. The Morgan fingerprint density at radius 3 is 2.30 bits per heavy atom. The summed E-state index contributed by atoms with van der Waals surface area (Å²) in [5, 5.41) is 9.07. The van der Waals surface area contributed by atoms with Crippen LogP contribution in [0.2, 0.25) is 0 Å². The molecule has 0 aliphatic carbocycles. The molecule has 0 saturated carbocycles. The summed E-state index contributed by atoms with van der Waals surface area (Å²) in [4.78, 5) is 12.2. The Balaban J connectivity index is 1.76. The predicted molar refractivity (Wildman–Crippen MR) is 101 cm³/mol. The molecule has 1 amide bonds. The number of hydrogen-bond donors (Lipinski definition) is 2. The van der Waals surface area contributed by atoms with E-state index in [9.17, 15) is 26.4 Å². The summed E-state index contributed by atoms with van der Waals surface area (Å²) in [6, 6.07) is 0. The van der Waals surface area contributed by atoms with Gasteiger partial charge in [0.05, 0.1) is 6.10 Å². The van der Waals surface area contributed by atoms with E-state index >= 15 is 0 Å². The van der Waals surface area contributed by atoms with Crippen molar-refractivity contribution in [1.29, 1.82) is 0 Å². The molecule has 0 aromatic heterocycles. The lowest BCUT2D eigenvalue weighted by molar-refractivity contribution is -0.136. The molecule has 0 aromatic rings. The number of amides is 1. The van der Waals surface area contributed by atoms with E-state index in [1.807, 2.05) is 0 Å². The van der Waals surface area contributed by atoms with Crippen LogP contribution in [0.15, 0.2) is 0 Å². The third-order valence-corrected chi connectivity index (χ3v) is 8.38. The first-order chi connectivity index (χ1) is 14.1. The van der Waals surface area contributed by atoms with Crippen LogP contribution in [0.3, 0.4) is 0 Å². The van der Waals surface area contributed by atoms with Crippen LogP contribution in [0.25, 0.3) is 0 Å². The number of nitrogens with zero attached hydrogens (tertiary/aromatic N) is 1. The SMILES string of the molecule is O=C(NO)C1(S(=O)(=O)N2CCC(OCCCCCCC(F)(F)F)CC2)CCOCC1. The Kier molecular flexibility index (Phi) is 9.34. The molecule has 2 aliphatic rings. The third-order valence-electron chi connectivity index (χ3n) is 5.76. The van der Waals surface area contributed by atoms with Crippen LogP contribution < -0.4 is 5.48 Å². The molecule has 0 atom stereocenters. The number of sulfonamides is 1. The number of alkyl halides is 3. The fourth-order valence-electron chi connectivity index (χ4n) is 3.92. The molecule has 2 N–H and O–H groups in total. The molecule has 2 saturated heterocycles. The second kappa shape index (κ2) is 11.1. The second-order valence-electron chi connectivity index (χ2n) is 7.80. The standard InChI is InChI=1S/C18H31F3N2O6S/c19-18(20,21)7-3-1-2-4-12-29-15-5-10-23(11-6-15)30(26,27)17(16(24)22-25)8-13-28-14-9-17/h15,25H,1-14H2,(H,22,24). The van der Waals surface area contributed by atoms with Crippen molar-refractivity contribution in [2.45, 2.75) is 74.8 Å². The fourth-order valence-corrected chi connectivity index (χ4v) is 6.07. The van der Waals surface area contributed by atoms with Gasteiger partial charge in [0, 0.05) is 52.2 Å². The minimum absolute atomic E-state index is 0.0213. The van der Waals surface area contributed by atoms with Crippen molar-refractivity contribution in [3.8, 4) is 0 Å². The van der Waals surface area contributed by atoms with Crippen LogP contribution in [-0.2, 0) is 24.3 Å². The number of nitrogens with one attached hydrogen (secondary N) is 1. The van der Waals surface area contributed by atoms with Gasteiger partial charge in [-0.2, -0.15) is 13.2 Å². The van der Waals surface area contributed by atoms with Gasteiger partial charge in [-0.05, 0) is 25.7 Å². The van der Waals surface area contributed by atoms with Crippen molar-refractivity contribution >= 4 is 15.9 Å². The highest BCUT2D eigenvalue weighted by Crippen LogP contribution is 2.34. The maximum absolute atomic E-state index is 13.2. The van der Waals surface area contributed by atoms with Gasteiger partial charge in [0.2, 0.25) is 10.0 Å². The van der Waals surface area contributed by atoms with Gasteiger partial charge in [-0.25, -0.2) is 18.2 Å². The predicted octanol–water partition coefficient (Wildman–Crippen LogP) is 2.36. The first-order valence-electron chi connectivity index (χ1n) is 10.3. The average molecular weight is 461 g/mol. The van der Waals surface area contributed by atoms with E-state index < -0.39 is 33.3 Å². The Morgan fingerprint density at radius 2 is 1.73 bits per heavy atom. The van der Waals surface area contributed by atoms with Crippen LogP contribution in [0.1, 0.15) is 57.8 Å². The van der Waals surface area contributed by atoms with E-state index in [4.69, 9.17) is 14.7 Å². The van der Waals surface area contributed by atoms with Crippen molar-refractivity contribution in [1.82, 2.24) is 9.79 Å². The zero-order valence-electron chi connectivity index (χ0n) is 17.0. The average Bonchev–Trinajstić information content (AvgIpc) is 2.72. The first kappa shape index (κ1) is 25.3. The van der Waals surface area contributed by atoms with Crippen molar-refractivity contribution in [3.63, 3.8) is 0 Å². The first-order valence-corrected chi connectivity index (χ1v) is 11.8. The summed E-state index contributed by atoms with van der Waals surface area (Å²) >= 11 is 0. The normalized spacial score (nSPS) is 21.5. The molecule has 2 aliphatic heterocycles. The van der Waals surface area contributed by atoms with Gasteiger partial charge in [0.1, 0.15) is 0 Å². The summed E-state index contributed by atoms with van der Waals surface area (Å²) < 4.78 is 73.1. The minimum atomic E-state index is -4.11. The van der Waals surface area contributed by atoms with Gasteiger partial charge in [-0.1, -0.05) is 12.8 Å². The molecule has 12 heteroatoms. The lowest BCUT2D eigenvalue weighted by Gasteiger charge is -2.40. The van der Waals surface area contributed by atoms with E-state index in [1.165, 1.54) is 9.79 Å². The number of halogens is 3. The quantitative estimate of drug-likeness (QED) is 0.295. The second-order valence-corrected chi connectivity index (χ2v) is 10.0. The number of carbonyl (C=O) groups excluding carboxylic acids is 1. The largest absolute Gasteiger partial charge is 0.389 e. The zero-order valence-corrected chi connectivity index (χ0v) is 17.8. The summed E-state index contributed by atoms with van der Waals surface area (Å²) in [7, 11) is -4.00. The number of carbonyl (C=O) groups is 1. The number of rotatable bonds is 10. The van der Waals surface area contributed by atoms with E-state index in [0.29, 0.717) is 38.7 Å². The molecule has 0 radical (unpaired) electrons. The molecule has 2 fully saturated rings. The van der Waals surface area contributed by atoms with Crippen LogP contribution in [0.4, 0.5) is 13.2 Å².